The van der Waals surface area contributed by atoms with Gasteiger partial charge < -0.3 is 15.7 Å². The SMILES string of the molecule is O=C(O)c1cccc(NC(=O)c2cc(Cl)ccc2NCc2ccccc2)c1. The van der Waals surface area contributed by atoms with Gasteiger partial charge in [-0.25, -0.2) is 4.79 Å². The number of benzene rings is 3. The van der Waals surface area contributed by atoms with Gasteiger partial charge in [0.2, 0.25) is 0 Å². The van der Waals surface area contributed by atoms with Crippen LogP contribution in [-0.4, -0.2) is 17.0 Å². The smallest absolute Gasteiger partial charge is 0.335 e. The van der Waals surface area contributed by atoms with Crippen LogP contribution >= 0.6 is 11.6 Å². The molecule has 0 fully saturated rings. The van der Waals surface area contributed by atoms with Gasteiger partial charge in [0.05, 0.1) is 11.1 Å². The lowest BCUT2D eigenvalue weighted by Gasteiger charge is -2.13. The Morgan fingerprint density at radius 1 is 0.926 bits per heavy atom. The number of rotatable bonds is 6. The van der Waals surface area contributed by atoms with Crippen molar-refractivity contribution in [2.75, 3.05) is 10.6 Å². The van der Waals surface area contributed by atoms with Gasteiger partial charge in [0, 0.05) is 22.9 Å². The second kappa shape index (κ2) is 8.38. The summed E-state index contributed by atoms with van der Waals surface area (Å²) in [7, 11) is 0. The first-order chi connectivity index (χ1) is 13.0. The van der Waals surface area contributed by atoms with Gasteiger partial charge in [0.25, 0.3) is 5.91 Å². The molecule has 0 unspecified atom stereocenters. The molecule has 5 nitrogen and oxygen atoms in total. The Morgan fingerprint density at radius 2 is 1.70 bits per heavy atom. The first-order valence-corrected chi connectivity index (χ1v) is 8.63. The van der Waals surface area contributed by atoms with Crippen molar-refractivity contribution in [3.05, 3.63) is 94.5 Å². The molecule has 3 aromatic rings. The van der Waals surface area contributed by atoms with Crippen molar-refractivity contribution in [2.24, 2.45) is 0 Å². The predicted molar refractivity (Wildman–Crippen MR) is 107 cm³/mol. The molecule has 0 bridgehead atoms. The summed E-state index contributed by atoms with van der Waals surface area (Å²) in [5.41, 5.74) is 2.58. The number of anilines is 2. The average molecular weight is 381 g/mol. The molecule has 0 heterocycles. The normalized spacial score (nSPS) is 10.3. The molecule has 3 rings (SSSR count). The summed E-state index contributed by atoms with van der Waals surface area (Å²) in [5, 5.41) is 15.5. The number of aromatic carboxylic acids is 1. The van der Waals surface area contributed by atoms with Crippen molar-refractivity contribution in [1.82, 2.24) is 0 Å². The van der Waals surface area contributed by atoms with E-state index in [1.165, 1.54) is 12.1 Å². The molecule has 3 aromatic carbocycles. The highest BCUT2D eigenvalue weighted by Crippen LogP contribution is 2.23. The molecule has 3 N–H and O–H groups in total. The van der Waals surface area contributed by atoms with Crippen LogP contribution in [0.2, 0.25) is 5.02 Å². The number of hydrogen-bond acceptors (Lipinski definition) is 3. The minimum absolute atomic E-state index is 0.0984. The van der Waals surface area contributed by atoms with Crippen LogP contribution in [0.4, 0.5) is 11.4 Å². The minimum Gasteiger partial charge on any atom is -0.478 e. The first-order valence-electron chi connectivity index (χ1n) is 8.25. The topological polar surface area (TPSA) is 78.4 Å². The van der Waals surface area contributed by atoms with Crippen LogP contribution in [0, 0.1) is 0 Å². The van der Waals surface area contributed by atoms with E-state index >= 15 is 0 Å². The van der Waals surface area contributed by atoms with Gasteiger partial charge >= 0.3 is 5.97 Å². The maximum Gasteiger partial charge on any atom is 0.335 e. The third-order valence-electron chi connectivity index (χ3n) is 3.92. The standard InChI is InChI=1S/C21H17ClN2O3/c22-16-9-10-19(23-13-14-5-2-1-3-6-14)18(12-16)20(25)24-17-8-4-7-15(11-17)21(26)27/h1-12,23H,13H2,(H,24,25)(H,26,27). The third-order valence-corrected chi connectivity index (χ3v) is 4.15. The van der Waals surface area contributed by atoms with E-state index < -0.39 is 5.97 Å². The summed E-state index contributed by atoms with van der Waals surface area (Å²) in [6, 6.07) is 20.9. The molecule has 0 aromatic heterocycles. The number of halogens is 1. The van der Waals surface area contributed by atoms with Gasteiger partial charge in [-0.2, -0.15) is 0 Å². The van der Waals surface area contributed by atoms with Crippen molar-refractivity contribution in [1.29, 1.82) is 0 Å². The van der Waals surface area contributed by atoms with Crippen molar-refractivity contribution in [2.45, 2.75) is 6.54 Å². The van der Waals surface area contributed by atoms with E-state index in [9.17, 15) is 9.59 Å². The quantitative estimate of drug-likeness (QED) is 0.568. The number of hydrogen-bond donors (Lipinski definition) is 3. The van der Waals surface area contributed by atoms with Gasteiger partial charge in [-0.05, 0) is 42.0 Å². The fourth-order valence-electron chi connectivity index (χ4n) is 2.58. The lowest BCUT2D eigenvalue weighted by Crippen LogP contribution is -2.15. The van der Waals surface area contributed by atoms with Crippen LogP contribution in [0.5, 0.6) is 0 Å². The molecule has 0 atom stereocenters. The Labute approximate surface area is 161 Å². The summed E-state index contributed by atoms with van der Waals surface area (Å²) in [6.07, 6.45) is 0. The molecule has 1 amide bonds. The zero-order chi connectivity index (χ0) is 19.2. The van der Waals surface area contributed by atoms with Crippen LogP contribution in [-0.2, 0) is 6.54 Å². The van der Waals surface area contributed by atoms with Crippen LogP contribution in [0.15, 0.2) is 72.8 Å². The summed E-state index contributed by atoms with van der Waals surface area (Å²) in [6.45, 7) is 0.553. The monoisotopic (exact) mass is 380 g/mol. The van der Waals surface area contributed by atoms with Crippen molar-refractivity contribution in [3.8, 4) is 0 Å². The highest BCUT2D eigenvalue weighted by atomic mass is 35.5. The Morgan fingerprint density at radius 3 is 2.44 bits per heavy atom. The first kappa shape index (κ1) is 18.5. The highest BCUT2D eigenvalue weighted by Gasteiger charge is 2.13. The Hall–Kier alpha value is -3.31. The van der Waals surface area contributed by atoms with Gasteiger partial charge in [0.15, 0.2) is 0 Å². The molecule has 6 heteroatoms. The van der Waals surface area contributed by atoms with E-state index in [0.29, 0.717) is 28.5 Å². The molecule has 136 valence electrons. The summed E-state index contributed by atoms with van der Waals surface area (Å²) in [5.74, 6) is -1.44. The Bertz CT molecular complexity index is 974. The summed E-state index contributed by atoms with van der Waals surface area (Å²) >= 11 is 6.06. The zero-order valence-electron chi connectivity index (χ0n) is 14.3. The van der Waals surface area contributed by atoms with Crippen LogP contribution in [0.25, 0.3) is 0 Å². The van der Waals surface area contributed by atoms with Crippen molar-refractivity contribution < 1.29 is 14.7 Å². The number of carboxylic acid groups (broad SMARTS) is 1. The number of nitrogens with one attached hydrogen (secondary N) is 2. The lowest BCUT2D eigenvalue weighted by molar-refractivity contribution is 0.0696. The van der Waals surface area contributed by atoms with E-state index in [0.717, 1.165) is 5.56 Å². The highest BCUT2D eigenvalue weighted by molar-refractivity contribution is 6.31. The fourth-order valence-corrected chi connectivity index (χ4v) is 2.75. The Balaban J connectivity index is 1.80. The van der Waals surface area contributed by atoms with Gasteiger partial charge in [-0.3, -0.25) is 4.79 Å². The molecule has 0 saturated carbocycles. The second-order valence-electron chi connectivity index (χ2n) is 5.87. The summed E-state index contributed by atoms with van der Waals surface area (Å²) in [4.78, 5) is 23.8. The number of carbonyl (C=O) groups excluding carboxylic acids is 1. The zero-order valence-corrected chi connectivity index (χ0v) is 15.0. The van der Waals surface area contributed by atoms with Gasteiger partial charge in [-0.15, -0.1) is 0 Å². The minimum atomic E-state index is -1.06. The predicted octanol–water partition coefficient (Wildman–Crippen LogP) is 4.90. The fraction of sp³-hybridized carbons (Fsp3) is 0.0476. The average Bonchev–Trinajstić information content (AvgIpc) is 2.68. The van der Waals surface area contributed by atoms with E-state index in [4.69, 9.17) is 16.7 Å². The Kier molecular flexibility index (Phi) is 5.74. The molecule has 0 aliphatic heterocycles. The molecular formula is C21H17ClN2O3. The molecule has 0 aliphatic carbocycles. The maximum absolute atomic E-state index is 12.7. The van der Waals surface area contributed by atoms with Crippen LogP contribution in [0.3, 0.4) is 0 Å². The van der Waals surface area contributed by atoms with E-state index in [2.05, 4.69) is 10.6 Å². The van der Waals surface area contributed by atoms with Gasteiger partial charge in [-0.1, -0.05) is 48.0 Å². The maximum atomic E-state index is 12.7. The van der Waals surface area contributed by atoms with E-state index in [1.54, 1.807) is 30.3 Å². The number of carbonyl (C=O) groups is 2. The molecule has 0 aliphatic rings. The molecule has 0 saturated heterocycles. The van der Waals surface area contributed by atoms with Crippen molar-refractivity contribution in [3.63, 3.8) is 0 Å². The third kappa shape index (κ3) is 4.86. The number of carboxylic acids is 1. The van der Waals surface area contributed by atoms with Crippen molar-refractivity contribution >= 4 is 34.9 Å². The summed E-state index contributed by atoms with van der Waals surface area (Å²) < 4.78 is 0. The number of amides is 1. The molecular weight excluding hydrogens is 364 g/mol. The van der Waals surface area contributed by atoms with Gasteiger partial charge in [0.1, 0.15) is 0 Å². The lowest BCUT2D eigenvalue weighted by atomic mass is 10.1. The largest absolute Gasteiger partial charge is 0.478 e. The molecule has 0 spiro atoms. The van der Waals surface area contributed by atoms with Crippen LogP contribution in [0.1, 0.15) is 26.3 Å². The van der Waals surface area contributed by atoms with E-state index in [1.807, 2.05) is 30.3 Å². The second-order valence-corrected chi connectivity index (χ2v) is 6.31. The molecule has 0 radical (unpaired) electrons. The molecule has 27 heavy (non-hydrogen) atoms. The van der Waals surface area contributed by atoms with E-state index in [-0.39, 0.29) is 11.5 Å². The van der Waals surface area contributed by atoms with Crippen LogP contribution < -0.4 is 10.6 Å².